The summed E-state index contributed by atoms with van der Waals surface area (Å²) in [5.74, 6) is 0.0313. The highest BCUT2D eigenvalue weighted by molar-refractivity contribution is 7.09. The van der Waals surface area contributed by atoms with Crippen molar-refractivity contribution in [3.8, 4) is 11.3 Å². The summed E-state index contributed by atoms with van der Waals surface area (Å²) >= 11 is 1.68. The predicted molar refractivity (Wildman–Crippen MR) is 90.0 cm³/mol. The second-order valence-corrected chi connectivity index (χ2v) is 6.18. The van der Waals surface area contributed by atoms with Crippen LogP contribution in [-0.4, -0.2) is 16.1 Å². The number of amides is 1. The molecule has 2 N–H and O–H groups in total. The molecule has 3 rings (SSSR count). The van der Waals surface area contributed by atoms with E-state index in [4.69, 9.17) is 0 Å². The summed E-state index contributed by atoms with van der Waals surface area (Å²) in [6, 6.07) is 13.8. The van der Waals surface area contributed by atoms with Crippen LogP contribution in [0.5, 0.6) is 0 Å². The van der Waals surface area contributed by atoms with Gasteiger partial charge in [-0.05, 0) is 43.0 Å². The van der Waals surface area contributed by atoms with Crippen molar-refractivity contribution in [1.82, 2.24) is 10.2 Å². The van der Waals surface area contributed by atoms with Crippen LogP contribution < -0.4 is 5.32 Å². The third-order valence-electron chi connectivity index (χ3n) is 3.33. The summed E-state index contributed by atoms with van der Waals surface area (Å²) in [5, 5.41) is 12.1. The Morgan fingerprint density at radius 1 is 1.27 bits per heavy atom. The summed E-state index contributed by atoms with van der Waals surface area (Å²) in [4.78, 5) is 13.3. The van der Waals surface area contributed by atoms with Gasteiger partial charge in [-0.25, -0.2) is 0 Å². The Kier molecular flexibility index (Phi) is 4.34. The first kappa shape index (κ1) is 14.5. The highest BCUT2D eigenvalue weighted by atomic mass is 32.1. The summed E-state index contributed by atoms with van der Waals surface area (Å²) in [6.07, 6.45) is 1.27. The van der Waals surface area contributed by atoms with E-state index >= 15 is 0 Å². The number of aryl methyl sites for hydroxylation is 2. The number of hydrogen-bond acceptors (Lipinski definition) is 3. The molecular weight excluding hydrogens is 294 g/mol. The van der Waals surface area contributed by atoms with Gasteiger partial charge in [0.2, 0.25) is 5.91 Å². The van der Waals surface area contributed by atoms with Gasteiger partial charge in [0.15, 0.2) is 0 Å². The number of nitrogens with zero attached hydrogens (tertiary/aromatic N) is 1. The van der Waals surface area contributed by atoms with Crippen LogP contribution in [0, 0.1) is 6.92 Å². The van der Waals surface area contributed by atoms with E-state index in [0.29, 0.717) is 6.42 Å². The van der Waals surface area contributed by atoms with E-state index in [1.54, 1.807) is 11.3 Å². The Balaban J connectivity index is 1.63. The Bertz CT molecular complexity index is 762. The lowest BCUT2D eigenvalue weighted by molar-refractivity contribution is -0.116. The molecule has 1 amide bonds. The largest absolute Gasteiger partial charge is 0.326 e. The van der Waals surface area contributed by atoms with E-state index in [2.05, 4.69) is 21.6 Å². The average Bonchev–Trinajstić information content (AvgIpc) is 3.17. The van der Waals surface area contributed by atoms with Crippen molar-refractivity contribution < 1.29 is 4.79 Å². The van der Waals surface area contributed by atoms with Gasteiger partial charge in [-0.3, -0.25) is 9.89 Å². The molecular formula is C17H17N3OS. The average molecular weight is 311 g/mol. The smallest absolute Gasteiger partial charge is 0.224 e. The lowest BCUT2D eigenvalue weighted by Gasteiger charge is -2.06. The first-order chi connectivity index (χ1) is 10.7. The fourth-order valence-corrected chi connectivity index (χ4v) is 2.95. The number of thiophene rings is 1. The molecule has 0 saturated heterocycles. The number of rotatable bonds is 5. The molecule has 0 atom stereocenters. The van der Waals surface area contributed by atoms with Gasteiger partial charge in [-0.2, -0.15) is 5.10 Å². The molecule has 0 aliphatic carbocycles. The zero-order chi connectivity index (χ0) is 15.4. The maximum Gasteiger partial charge on any atom is 0.224 e. The van der Waals surface area contributed by atoms with E-state index in [1.807, 2.05) is 48.7 Å². The number of benzene rings is 1. The van der Waals surface area contributed by atoms with Crippen LogP contribution in [0.2, 0.25) is 0 Å². The van der Waals surface area contributed by atoms with Crippen LogP contribution in [0.3, 0.4) is 0 Å². The Labute approximate surface area is 133 Å². The first-order valence-corrected chi connectivity index (χ1v) is 8.03. The molecule has 3 aromatic rings. The van der Waals surface area contributed by atoms with Crippen molar-refractivity contribution in [2.24, 2.45) is 0 Å². The normalized spacial score (nSPS) is 10.6. The van der Waals surface area contributed by atoms with Gasteiger partial charge in [-0.15, -0.1) is 11.3 Å². The van der Waals surface area contributed by atoms with Crippen LogP contribution >= 0.6 is 11.3 Å². The number of carbonyl (C=O) groups is 1. The molecule has 22 heavy (non-hydrogen) atoms. The van der Waals surface area contributed by atoms with Gasteiger partial charge in [0.05, 0.1) is 5.69 Å². The number of nitrogens with one attached hydrogen (secondary N) is 2. The fraction of sp³-hybridized carbons (Fsp3) is 0.176. The zero-order valence-corrected chi connectivity index (χ0v) is 13.1. The number of carbonyl (C=O) groups excluding carboxylic acids is 1. The molecule has 2 heterocycles. The van der Waals surface area contributed by atoms with E-state index < -0.39 is 0 Å². The van der Waals surface area contributed by atoms with E-state index in [9.17, 15) is 4.79 Å². The van der Waals surface area contributed by atoms with Gasteiger partial charge in [-0.1, -0.05) is 18.2 Å². The lowest BCUT2D eigenvalue weighted by Crippen LogP contribution is -2.12. The van der Waals surface area contributed by atoms with Crippen molar-refractivity contribution >= 4 is 22.9 Å². The SMILES string of the molecule is Cc1cc(-c2cccc(NC(=O)CCc3cccs3)c2)n[nH]1. The minimum atomic E-state index is 0.0313. The van der Waals surface area contributed by atoms with Crippen molar-refractivity contribution in [2.45, 2.75) is 19.8 Å². The van der Waals surface area contributed by atoms with Crippen LogP contribution in [0.4, 0.5) is 5.69 Å². The summed E-state index contributed by atoms with van der Waals surface area (Å²) in [7, 11) is 0. The second-order valence-electron chi connectivity index (χ2n) is 5.14. The third kappa shape index (κ3) is 3.62. The molecule has 0 radical (unpaired) electrons. The molecule has 0 fully saturated rings. The van der Waals surface area contributed by atoms with Gasteiger partial charge in [0.25, 0.3) is 0 Å². The molecule has 0 spiro atoms. The molecule has 2 aromatic heterocycles. The number of H-pyrrole nitrogens is 1. The molecule has 5 heteroatoms. The Morgan fingerprint density at radius 2 is 2.18 bits per heavy atom. The first-order valence-electron chi connectivity index (χ1n) is 7.15. The van der Waals surface area contributed by atoms with Crippen LogP contribution in [-0.2, 0) is 11.2 Å². The molecule has 112 valence electrons. The fourth-order valence-electron chi connectivity index (χ4n) is 2.24. The van der Waals surface area contributed by atoms with Gasteiger partial charge < -0.3 is 5.32 Å². The molecule has 4 nitrogen and oxygen atoms in total. The number of aromatic amines is 1. The molecule has 0 aliphatic rings. The van der Waals surface area contributed by atoms with Crippen LogP contribution in [0.25, 0.3) is 11.3 Å². The monoisotopic (exact) mass is 311 g/mol. The van der Waals surface area contributed by atoms with Crippen LogP contribution in [0.15, 0.2) is 47.8 Å². The summed E-state index contributed by atoms with van der Waals surface area (Å²) in [5.41, 5.74) is 3.68. The molecule has 0 saturated carbocycles. The molecule has 0 aliphatic heterocycles. The van der Waals surface area contributed by atoms with Gasteiger partial charge in [0, 0.05) is 28.2 Å². The topological polar surface area (TPSA) is 57.8 Å². The minimum Gasteiger partial charge on any atom is -0.326 e. The highest BCUT2D eigenvalue weighted by Gasteiger charge is 2.06. The molecule has 0 unspecified atom stereocenters. The van der Waals surface area contributed by atoms with Crippen LogP contribution in [0.1, 0.15) is 17.0 Å². The number of aromatic nitrogens is 2. The Morgan fingerprint density at radius 3 is 2.91 bits per heavy atom. The number of anilines is 1. The molecule has 0 bridgehead atoms. The van der Waals surface area contributed by atoms with Gasteiger partial charge >= 0.3 is 0 Å². The van der Waals surface area contributed by atoms with Crippen molar-refractivity contribution in [2.75, 3.05) is 5.32 Å². The maximum atomic E-state index is 12.0. The quantitative estimate of drug-likeness (QED) is 0.747. The van der Waals surface area contributed by atoms with E-state index in [1.165, 1.54) is 4.88 Å². The predicted octanol–water partition coefficient (Wildman–Crippen LogP) is 4.02. The molecule has 1 aromatic carbocycles. The summed E-state index contributed by atoms with van der Waals surface area (Å²) < 4.78 is 0. The maximum absolute atomic E-state index is 12.0. The zero-order valence-electron chi connectivity index (χ0n) is 12.3. The summed E-state index contributed by atoms with van der Waals surface area (Å²) in [6.45, 7) is 1.96. The lowest BCUT2D eigenvalue weighted by atomic mass is 10.1. The van der Waals surface area contributed by atoms with Crippen molar-refractivity contribution in [1.29, 1.82) is 0 Å². The van der Waals surface area contributed by atoms with E-state index in [-0.39, 0.29) is 5.91 Å². The highest BCUT2D eigenvalue weighted by Crippen LogP contribution is 2.21. The standard InChI is InChI=1S/C17H17N3OS/c1-12-10-16(20-19-12)13-4-2-5-14(11-13)18-17(21)8-7-15-6-3-9-22-15/h2-6,9-11H,7-8H2,1H3,(H,18,21)(H,19,20). The minimum absolute atomic E-state index is 0.0313. The van der Waals surface area contributed by atoms with Crippen molar-refractivity contribution in [3.05, 3.63) is 58.4 Å². The van der Waals surface area contributed by atoms with E-state index in [0.717, 1.165) is 29.1 Å². The third-order valence-corrected chi connectivity index (χ3v) is 4.26. The number of hydrogen-bond donors (Lipinski definition) is 2. The second kappa shape index (κ2) is 6.58. The Hall–Kier alpha value is -2.40. The van der Waals surface area contributed by atoms with Gasteiger partial charge in [0.1, 0.15) is 0 Å². The van der Waals surface area contributed by atoms with Crippen molar-refractivity contribution in [3.63, 3.8) is 0 Å².